The van der Waals surface area contributed by atoms with Gasteiger partial charge in [-0.1, -0.05) is 24.3 Å². The third kappa shape index (κ3) is 4.18. The summed E-state index contributed by atoms with van der Waals surface area (Å²) in [6, 6.07) is 0. The van der Waals surface area contributed by atoms with Crippen LogP contribution < -0.4 is 5.32 Å². The van der Waals surface area contributed by atoms with Crippen molar-refractivity contribution in [3.63, 3.8) is 0 Å². The lowest BCUT2D eigenvalue weighted by Crippen LogP contribution is -2.12. The Morgan fingerprint density at radius 1 is 1.50 bits per heavy atom. The predicted octanol–water partition coefficient (Wildman–Crippen LogP) is 0.913. The standard InChI is InChI=1S/C10H18N4/c1-3-11-8-6-4-5-7-10-9-14(2)13-12-10/h4-5,9,11H,3,6-8H2,1-2H3/b5-4+. The molecule has 14 heavy (non-hydrogen) atoms. The van der Waals surface area contributed by atoms with Gasteiger partial charge in [-0.3, -0.25) is 4.68 Å². The highest BCUT2D eigenvalue weighted by molar-refractivity contribution is 5.00. The summed E-state index contributed by atoms with van der Waals surface area (Å²) in [4.78, 5) is 0. The van der Waals surface area contributed by atoms with Gasteiger partial charge in [0.05, 0.1) is 5.69 Å². The third-order valence-electron chi connectivity index (χ3n) is 1.88. The zero-order chi connectivity index (χ0) is 10.2. The van der Waals surface area contributed by atoms with Crippen LogP contribution in [0.25, 0.3) is 0 Å². The molecule has 0 fully saturated rings. The van der Waals surface area contributed by atoms with Gasteiger partial charge in [0.15, 0.2) is 0 Å². The van der Waals surface area contributed by atoms with Crippen LogP contribution in [-0.4, -0.2) is 28.1 Å². The second kappa shape index (κ2) is 6.32. The molecule has 0 spiro atoms. The molecular formula is C10H18N4. The molecule has 1 aromatic rings. The largest absolute Gasteiger partial charge is 0.317 e. The third-order valence-corrected chi connectivity index (χ3v) is 1.88. The topological polar surface area (TPSA) is 42.7 Å². The molecule has 0 aliphatic rings. The molecule has 1 N–H and O–H groups in total. The summed E-state index contributed by atoms with van der Waals surface area (Å²) in [6.07, 6.45) is 8.21. The molecule has 0 radical (unpaired) electrons. The Labute approximate surface area is 85.0 Å². The van der Waals surface area contributed by atoms with Crippen LogP contribution in [0.2, 0.25) is 0 Å². The molecule has 0 aliphatic carbocycles. The first kappa shape index (κ1) is 10.9. The highest BCUT2D eigenvalue weighted by atomic mass is 15.4. The van der Waals surface area contributed by atoms with Crippen molar-refractivity contribution >= 4 is 0 Å². The number of nitrogens with one attached hydrogen (secondary N) is 1. The minimum Gasteiger partial charge on any atom is -0.317 e. The fourth-order valence-corrected chi connectivity index (χ4v) is 1.17. The second-order valence-corrected chi connectivity index (χ2v) is 3.20. The monoisotopic (exact) mass is 194 g/mol. The Kier molecular flexibility index (Phi) is 4.93. The molecule has 78 valence electrons. The normalized spacial score (nSPS) is 11.3. The number of aryl methyl sites for hydroxylation is 1. The van der Waals surface area contributed by atoms with Gasteiger partial charge < -0.3 is 5.32 Å². The van der Waals surface area contributed by atoms with Crippen molar-refractivity contribution in [2.24, 2.45) is 7.05 Å². The average molecular weight is 194 g/mol. The van der Waals surface area contributed by atoms with E-state index in [-0.39, 0.29) is 0 Å². The number of hydrogen-bond acceptors (Lipinski definition) is 3. The molecule has 0 aliphatic heterocycles. The van der Waals surface area contributed by atoms with Crippen molar-refractivity contribution in [2.45, 2.75) is 19.8 Å². The molecule has 0 saturated heterocycles. The fraction of sp³-hybridized carbons (Fsp3) is 0.600. The van der Waals surface area contributed by atoms with E-state index < -0.39 is 0 Å². The summed E-state index contributed by atoms with van der Waals surface area (Å²) in [5, 5.41) is 11.1. The molecule has 4 heteroatoms. The van der Waals surface area contributed by atoms with Crippen LogP contribution in [0, 0.1) is 0 Å². The Morgan fingerprint density at radius 3 is 3.00 bits per heavy atom. The quantitative estimate of drug-likeness (QED) is 0.541. The summed E-state index contributed by atoms with van der Waals surface area (Å²) in [5.74, 6) is 0. The van der Waals surface area contributed by atoms with Gasteiger partial charge in [-0.15, -0.1) is 5.10 Å². The molecule has 0 aromatic carbocycles. The first-order chi connectivity index (χ1) is 6.83. The van der Waals surface area contributed by atoms with E-state index in [1.54, 1.807) is 4.68 Å². The molecular weight excluding hydrogens is 176 g/mol. The molecule has 1 aromatic heterocycles. The first-order valence-electron chi connectivity index (χ1n) is 5.04. The van der Waals surface area contributed by atoms with E-state index in [1.165, 1.54) is 0 Å². The molecule has 1 rings (SSSR count). The Bertz CT molecular complexity index is 277. The maximum atomic E-state index is 4.00. The van der Waals surface area contributed by atoms with Gasteiger partial charge in [0, 0.05) is 19.7 Å². The Balaban J connectivity index is 2.14. The van der Waals surface area contributed by atoms with Gasteiger partial charge >= 0.3 is 0 Å². The zero-order valence-corrected chi connectivity index (χ0v) is 8.90. The lowest BCUT2D eigenvalue weighted by Gasteiger charge is -1.94. The van der Waals surface area contributed by atoms with E-state index >= 15 is 0 Å². The molecule has 0 saturated carbocycles. The molecule has 0 unspecified atom stereocenters. The first-order valence-corrected chi connectivity index (χ1v) is 5.04. The van der Waals surface area contributed by atoms with Crippen molar-refractivity contribution in [1.29, 1.82) is 0 Å². The van der Waals surface area contributed by atoms with Crippen LogP contribution in [0.1, 0.15) is 19.0 Å². The van der Waals surface area contributed by atoms with Crippen LogP contribution in [-0.2, 0) is 13.5 Å². The molecule has 0 atom stereocenters. The van der Waals surface area contributed by atoms with E-state index in [1.807, 2.05) is 13.2 Å². The van der Waals surface area contributed by atoms with Gasteiger partial charge in [-0.2, -0.15) is 0 Å². The molecule has 0 bridgehead atoms. The number of rotatable bonds is 6. The van der Waals surface area contributed by atoms with Crippen LogP contribution in [0.15, 0.2) is 18.3 Å². The van der Waals surface area contributed by atoms with E-state index in [0.29, 0.717) is 0 Å². The lowest BCUT2D eigenvalue weighted by molar-refractivity contribution is 0.713. The van der Waals surface area contributed by atoms with Crippen LogP contribution in [0.3, 0.4) is 0 Å². The molecule has 1 heterocycles. The summed E-state index contributed by atoms with van der Waals surface area (Å²) in [7, 11) is 1.88. The van der Waals surface area contributed by atoms with E-state index in [2.05, 4.69) is 34.7 Å². The SMILES string of the molecule is CCNCC/C=C/Cc1cn(C)nn1. The second-order valence-electron chi connectivity index (χ2n) is 3.20. The summed E-state index contributed by atoms with van der Waals surface area (Å²) >= 11 is 0. The number of hydrogen-bond donors (Lipinski definition) is 1. The maximum absolute atomic E-state index is 4.00. The van der Waals surface area contributed by atoms with Crippen LogP contribution in [0.5, 0.6) is 0 Å². The lowest BCUT2D eigenvalue weighted by atomic mass is 10.3. The molecule has 0 amide bonds. The number of allylic oxidation sites excluding steroid dienone is 1. The van der Waals surface area contributed by atoms with E-state index in [4.69, 9.17) is 0 Å². The van der Waals surface area contributed by atoms with Crippen molar-refractivity contribution in [1.82, 2.24) is 20.3 Å². The summed E-state index contributed by atoms with van der Waals surface area (Å²) in [5.41, 5.74) is 1.02. The Morgan fingerprint density at radius 2 is 2.36 bits per heavy atom. The van der Waals surface area contributed by atoms with Crippen molar-refractivity contribution in [2.75, 3.05) is 13.1 Å². The Hall–Kier alpha value is -1.16. The summed E-state index contributed by atoms with van der Waals surface area (Å²) < 4.78 is 1.72. The minimum atomic E-state index is 0.875. The van der Waals surface area contributed by atoms with Crippen molar-refractivity contribution in [3.8, 4) is 0 Å². The summed E-state index contributed by atoms with van der Waals surface area (Å²) in [6.45, 7) is 4.20. The molecule has 4 nitrogen and oxygen atoms in total. The fourth-order valence-electron chi connectivity index (χ4n) is 1.17. The minimum absolute atomic E-state index is 0.875. The smallest absolute Gasteiger partial charge is 0.0864 e. The highest BCUT2D eigenvalue weighted by Crippen LogP contribution is 1.94. The van der Waals surface area contributed by atoms with Gasteiger partial charge in [0.1, 0.15) is 0 Å². The number of nitrogens with zero attached hydrogens (tertiary/aromatic N) is 3. The van der Waals surface area contributed by atoms with Gasteiger partial charge in [-0.05, 0) is 19.5 Å². The predicted molar refractivity (Wildman–Crippen MR) is 57.0 cm³/mol. The van der Waals surface area contributed by atoms with Crippen molar-refractivity contribution in [3.05, 3.63) is 24.0 Å². The maximum Gasteiger partial charge on any atom is 0.0864 e. The van der Waals surface area contributed by atoms with Gasteiger partial charge in [0.25, 0.3) is 0 Å². The highest BCUT2D eigenvalue weighted by Gasteiger charge is 1.93. The van der Waals surface area contributed by atoms with Crippen molar-refractivity contribution < 1.29 is 0 Å². The van der Waals surface area contributed by atoms with Crippen LogP contribution >= 0.6 is 0 Å². The zero-order valence-electron chi connectivity index (χ0n) is 8.90. The van der Waals surface area contributed by atoms with Gasteiger partial charge in [-0.25, -0.2) is 0 Å². The van der Waals surface area contributed by atoms with Crippen LogP contribution in [0.4, 0.5) is 0 Å². The number of aromatic nitrogens is 3. The van der Waals surface area contributed by atoms with E-state index in [0.717, 1.165) is 31.6 Å². The van der Waals surface area contributed by atoms with Gasteiger partial charge in [0.2, 0.25) is 0 Å². The average Bonchev–Trinajstić information content (AvgIpc) is 2.58. The van der Waals surface area contributed by atoms with E-state index in [9.17, 15) is 0 Å².